The van der Waals surface area contributed by atoms with Gasteiger partial charge in [-0.15, -0.1) is 0 Å². The number of benzene rings is 1. The zero-order valence-electron chi connectivity index (χ0n) is 11.5. The van der Waals surface area contributed by atoms with E-state index in [-0.39, 0.29) is 10.9 Å². The number of rotatable bonds is 3. The number of nitrogens with zero attached hydrogens (tertiary/aromatic N) is 1. The fourth-order valence-electron chi connectivity index (χ4n) is 2.65. The average molecular weight is 364 g/mol. The van der Waals surface area contributed by atoms with Crippen LogP contribution in [0.1, 0.15) is 38.5 Å². The van der Waals surface area contributed by atoms with Crippen molar-refractivity contribution in [2.24, 2.45) is 0 Å². The molecule has 3 nitrogen and oxygen atoms in total. The fraction of sp³-hybridized carbons (Fsp3) is 0.571. The molecule has 1 aromatic carbocycles. The first kappa shape index (κ1) is 15.9. The van der Waals surface area contributed by atoms with E-state index in [9.17, 15) is 12.8 Å². The molecular formula is C14H19BrFNO2S. The number of sulfonamides is 1. The van der Waals surface area contributed by atoms with Crippen molar-refractivity contribution in [2.45, 2.75) is 49.5 Å². The van der Waals surface area contributed by atoms with E-state index in [0.29, 0.717) is 4.47 Å². The summed E-state index contributed by atoms with van der Waals surface area (Å²) >= 11 is 3.20. The van der Waals surface area contributed by atoms with E-state index in [1.54, 1.807) is 7.05 Å². The lowest BCUT2D eigenvalue weighted by Gasteiger charge is -2.26. The first-order valence-corrected chi connectivity index (χ1v) is 9.09. The highest BCUT2D eigenvalue weighted by Gasteiger charge is 2.30. The van der Waals surface area contributed by atoms with E-state index in [1.807, 2.05) is 0 Å². The zero-order valence-corrected chi connectivity index (χ0v) is 13.9. The van der Waals surface area contributed by atoms with Crippen LogP contribution in [0.2, 0.25) is 0 Å². The van der Waals surface area contributed by atoms with Crippen molar-refractivity contribution < 1.29 is 12.8 Å². The maximum atomic E-state index is 13.8. The fourth-order valence-corrected chi connectivity index (χ4v) is 4.66. The van der Waals surface area contributed by atoms with Crippen LogP contribution >= 0.6 is 15.9 Å². The first-order chi connectivity index (χ1) is 9.43. The molecule has 1 aromatic rings. The normalized spacial score (nSPS) is 18.2. The van der Waals surface area contributed by atoms with Crippen molar-refractivity contribution in [3.05, 3.63) is 28.5 Å². The highest BCUT2D eigenvalue weighted by molar-refractivity contribution is 9.10. The molecular weight excluding hydrogens is 345 g/mol. The first-order valence-electron chi connectivity index (χ1n) is 6.86. The summed E-state index contributed by atoms with van der Waals surface area (Å²) in [6.45, 7) is 0. The third-order valence-corrected chi connectivity index (χ3v) is 6.31. The van der Waals surface area contributed by atoms with Gasteiger partial charge >= 0.3 is 0 Å². The van der Waals surface area contributed by atoms with Gasteiger partial charge in [-0.25, -0.2) is 12.8 Å². The van der Waals surface area contributed by atoms with Gasteiger partial charge in [0, 0.05) is 17.6 Å². The maximum Gasteiger partial charge on any atom is 0.246 e. The van der Waals surface area contributed by atoms with Gasteiger partial charge in [0.05, 0.1) is 0 Å². The van der Waals surface area contributed by atoms with Gasteiger partial charge in [-0.3, -0.25) is 0 Å². The second kappa shape index (κ2) is 6.54. The van der Waals surface area contributed by atoms with Crippen LogP contribution < -0.4 is 0 Å². The van der Waals surface area contributed by atoms with E-state index < -0.39 is 15.8 Å². The van der Waals surface area contributed by atoms with Gasteiger partial charge in [-0.2, -0.15) is 4.31 Å². The van der Waals surface area contributed by atoms with Crippen LogP contribution in [0.25, 0.3) is 0 Å². The molecule has 6 heteroatoms. The van der Waals surface area contributed by atoms with Crippen LogP contribution in [0, 0.1) is 5.82 Å². The van der Waals surface area contributed by atoms with E-state index >= 15 is 0 Å². The molecule has 1 fully saturated rings. The molecule has 1 aliphatic rings. The lowest BCUT2D eigenvalue weighted by molar-refractivity contribution is 0.334. The molecule has 112 valence electrons. The molecule has 0 spiro atoms. The Balaban J connectivity index is 2.31. The van der Waals surface area contributed by atoms with Gasteiger partial charge in [0.2, 0.25) is 10.0 Å². The molecule has 0 amide bonds. The lowest BCUT2D eigenvalue weighted by atomic mass is 10.1. The SMILES string of the molecule is CN(C1CCCCCC1)S(=O)(=O)c1cc(Br)ccc1F. The Morgan fingerprint density at radius 2 is 1.80 bits per heavy atom. The number of hydrogen-bond donors (Lipinski definition) is 0. The molecule has 0 bridgehead atoms. The van der Waals surface area contributed by atoms with Crippen LogP contribution in [0.4, 0.5) is 4.39 Å². The minimum atomic E-state index is -3.78. The summed E-state index contributed by atoms with van der Waals surface area (Å²) in [6.07, 6.45) is 6.07. The molecule has 0 heterocycles. The standard InChI is InChI=1S/C14H19BrFNO2S/c1-17(12-6-4-2-3-5-7-12)20(18,19)14-10-11(15)8-9-13(14)16/h8-10,12H,2-7H2,1H3. The van der Waals surface area contributed by atoms with Gasteiger partial charge in [0.15, 0.2) is 0 Å². The Morgan fingerprint density at radius 1 is 1.20 bits per heavy atom. The second-order valence-corrected chi connectivity index (χ2v) is 8.12. The van der Waals surface area contributed by atoms with Gasteiger partial charge in [0.1, 0.15) is 10.7 Å². The van der Waals surface area contributed by atoms with Crippen LogP contribution in [-0.2, 0) is 10.0 Å². The Bertz CT molecular complexity index is 569. The molecule has 0 N–H and O–H groups in total. The van der Waals surface area contributed by atoms with Crippen molar-refractivity contribution in [1.29, 1.82) is 0 Å². The minimum absolute atomic E-state index is 0.0270. The average Bonchev–Trinajstić information content (AvgIpc) is 2.69. The molecule has 1 saturated carbocycles. The summed E-state index contributed by atoms with van der Waals surface area (Å²) in [5, 5.41) is 0. The third kappa shape index (κ3) is 3.40. The van der Waals surface area contributed by atoms with E-state index in [2.05, 4.69) is 15.9 Å². The molecule has 20 heavy (non-hydrogen) atoms. The zero-order chi connectivity index (χ0) is 14.8. The summed E-state index contributed by atoms with van der Waals surface area (Å²) in [5.74, 6) is -0.700. The Morgan fingerprint density at radius 3 is 2.40 bits per heavy atom. The van der Waals surface area contributed by atoms with Crippen LogP contribution in [0.15, 0.2) is 27.6 Å². The summed E-state index contributed by atoms with van der Waals surface area (Å²) in [4.78, 5) is -0.251. The largest absolute Gasteiger partial charge is 0.246 e. The number of hydrogen-bond acceptors (Lipinski definition) is 2. The third-order valence-electron chi connectivity index (χ3n) is 3.89. The molecule has 2 rings (SSSR count). The molecule has 0 atom stereocenters. The van der Waals surface area contributed by atoms with E-state index in [0.717, 1.165) is 38.5 Å². The van der Waals surface area contributed by atoms with Crippen molar-refractivity contribution in [3.8, 4) is 0 Å². The smallest absolute Gasteiger partial charge is 0.207 e. The monoisotopic (exact) mass is 363 g/mol. The van der Waals surface area contributed by atoms with Crippen molar-refractivity contribution in [3.63, 3.8) is 0 Å². The van der Waals surface area contributed by atoms with Gasteiger partial charge < -0.3 is 0 Å². The summed E-state index contributed by atoms with van der Waals surface area (Å²) in [5.41, 5.74) is 0. The Kier molecular flexibility index (Phi) is 5.20. The molecule has 0 saturated heterocycles. The summed E-state index contributed by atoms with van der Waals surface area (Å²) in [6, 6.07) is 3.98. The van der Waals surface area contributed by atoms with Crippen LogP contribution in [0.3, 0.4) is 0 Å². The van der Waals surface area contributed by atoms with Crippen LogP contribution in [0.5, 0.6) is 0 Å². The summed E-state index contributed by atoms with van der Waals surface area (Å²) in [7, 11) is -2.22. The quantitative estimate of drug-likeness (QED) is 0.762. The molecule has 0 aromatic heterocycles. The minimum Gasteiger partial charge on any atom is -0.207 e. The lowest BCUT2D eigenvalue weighted by Crippen LogP contribution is -2.37. The van der Waals surface area contributed by atoms with E-state index in [1.165, 1.54) is 22.5 Å². The Hall–Kier alpha value is -0.460. The topological polar surface area (TPSA) is 37.4 Å². The van der Waals surface area contributed by atoms with Crippen molar-refractivity contribution >= 4 is 26.0 Å². The van der Waals surface area contributed by atoms with E-state index in [4.69, 9.17) is 0 Å². The molecule has 0 aliphatic heterocycles. The highest BCUT2D eigenvalue weighted by atomic mass is 79.9. The predicted molar refractivity (Wildman–Crippen MR) is 80.5 cm³/mol. The van der Waals surface area contributed by atoms with Crippen molar-refractivity contribution in [2.75, 3.05) is 7.05 Å². The predicted octanol–water partition coefficient (Wildman–Crippen LogP) is 3.93. The van der Waals surface area contributed by atoms with Gasteiger partial charge in [-0.1, -0.05) is 41.6 Å². The molecule has 0 radical (unpaired) electrons. The maximum absolute atomic E-state index is 13.8. The molecule has 1 aliphatic carbocycles. The second-order valence-electron chi connectivity index (χ2n) is 5.24. The molecule has 0 unspecified atom stereocenters. The van der Waals surface area contributed by atoms with Crippen molar-refractivity contribution in [1.82, 2.24) is 4.31 Å². The Labute approximate surface area is 128 Å². The number of halogens is 2. The van der Waals surface area contributed by atoms with Crippen LogP contribution in [-0.4, -0.2) is 25.8 Å². The summed E-state index contributed by atoms with van der Waals surface area (Å²) < 4.78 is 40.9. The van der Waals surface area contributed by atoms with Gasteiger partial charge in [0.25, 0.3) is 0 Å². The van der Waals surface area contributed by atoms with Gasteiger partial charge in [-0.05, 0) is 31.0 Å². The highest BCUT2D eigenvalue weighted by Crippen LogP contribution is 2.28.